The fourth-order valence-electron chi connectivity index (χ4n) is 2.32. The lowest BCUT2D eigenvalue weighted by molar-refractivity contribution is -0.125. The van der Waals surface area contributed by atoms with E-state index in [1.807, 2.05) is 6.92 Å². The molecule has 0 radical (unpaired) electrons. The Morgan fingerprint density at radius 1 is 1.40 bits per heavy atom. The van der Waals surface area contributed by atoms with Crippen LogP contribution >= 0.6 is 0 Å². The number of rotatable bonds is 4. The number of benzene rings is 1. The second kappa shape index (κ2) is 6.24. The van der Waals surface area contributed by atoms with Gasteiger partial charge in [0.15, 0.2) is 0 Å². The third-order valence-electron chi connectivity index (χ3n) is 3.75. The van der Waals surface area contributed by atoms with Gasteiger partial charge in [-0.2, -0.15) is 0 Å². The summed E-state index contributed by atoms with van der Waals surface area (Å²) in [5.41, 5.74) is 6.67. The van der Waals surface area contributed by atoms with E-state index in [-0.39, 0.29) is 17.2 Å². The highest BCUT2D eigenvalue weighted by atomic mass is 16.5. The van der Waals surface area contributed by atoms with E-state index in [4.69, 9.17) is 10.5 Å². The topological polar surface area (TPSA) is 84.6 Å². The average Bonchev–Trinajstić information content (AvgIpc) is 2.41. The number of phenolic OH excluding ortho intramolecular Hbond substituents is 1. The first kappa shape index (κ1) is 14.8. The Bertz CT molecular complexity index is 453. The first-order valence-corrected chi connectivity index (χ1v) is 6.92. The zero-order valence-electron chi connectivity index (χ0n) is 11.8. The third kappa shape index (κ3) is 3.95. The zero-order valence-corrected chi connectivity index (χ0v) is 11.8. The predicted molar refractivity (Wildman–Crippen MR) is 76.4 cm³/mol. The van der Waals surface area contributed by atoms with Gasteiger partial charge in [0, 0.05) is 18.8 Å². The van der Waals surface area contributed by atoms with Crippen LogP contribution in [0.1, 0.15) is 25.3 Å². The number of carbonyl (C=O) groups is 1. The van der Waals surface area contributed by atoms with Crippen LogP contribution in [-0.4, -0.2) is 35.8 Å². The van der Waals surface area contributed by atoms with Gasteiger partial charge in [-0.15, -0.1) is 0 Å². The Labute approximate surface area is 119 Å². The number of phenols is 1. The van der Waals surface area contributed by atoms with Crippen molar-refractivity contribution in [3.63, 3.8) is 0 Å². The van der Waals surface area contributed by atoms with E-state index in [1.54, 1.807) is 24.3 Å². The van der Waals surface area contributed by atoms with Crippen LogP contribution in [0, 0.1) is 0 Å². The molecule has 1 saturated heterocycles. The van der Waals surface area contributed by atoms with Crippen LogP contribution in [0.5, 0.6) is 5.75 Å². The molecule has 0 bridgehead atoms. The average molecular weight is 278 g/mol. The number of ether oxygens (including phenoxy) is 1. The maximum atomic E-state index is 12.2. The van der Waals surface area contributed by atoms with Crippen LogP contribution in [0.25, 0.3) is 0 Å². The molecule has 0 saturated carbocycles. The van der Waals surface area contributed by atoms with Crippen molar-refractivity contribution in [2.24, 2.45) is 5.73 Å². The van der Waals surface area contributed by atoms with Crippen LogP contribution in [0.4, 0.5) is 0 Å². The molecule has 1 atom stereocenters. The highest BCUT2D eigenvalue weighted by Crippen LogP contribution is 2.20. The summed E-state index contributed by atoms with van der Waals surface area (Å²) in [5, 5.41) is 12.3. The number of hydrogen-bond acceptors (Lipinski definition) is 4. The molecule has 4 N–H and O–H groups in total. The standard InChI is InChI=1S/C15H22N2O3/c1-15(6-8-20-9-7-15)17-14(19)13(16)10-11-2-4-12(18)5-3-11/h2-5,13,18H,6-10,16H2,1H3,(H,17,19)/t13-/m1/s1. The smallest absolute Gasteiger partial charge is 0.237 e. The Kier molecular flexibility index (Phi) is 4.62. The van der Waals surface area contributed by atoms with Gasteiger partial charge < -0.3 is 20.9 Å². The molecule has 1 amide bonds. The van der Waals surface area contributed by atoms with Crippen LogP contribution in [0.15, 0.2) is 24.3 Å². The van der Waals surface area contributed by atoms with Gasteiger partial charge in [-0.3, -0.25) is 4.79 Å². The van der Waals surface area contributed by atoms with Gasteiger partial charge >= 0.3 is 0 Å². The summed E-state index contributed by atoms with van der Waals surface area (Å²) in [6.07, 6.45) is 2.08. The lowest BCUT2D eigenvalue weighted by Gasteiger charge is -2.35. The van der Waals surface area contributed by atoms with E-state index in [9.17, 15) is 9.90 Å². The third-order valence-corrected chi connectivity index (χ3v) is 3.75. The van der Waals surface area contributed by atoms with Crippen molar-refractivity contribution in [3.05, 3.63) is 29.8 Å². The second-order valence-electron chi connectivity index (χ2n) is 5.64. The predicted octanol–water partition coefficient (Wildman–Crippen LogP) is 0.947. The van der Waals surface area contributed by atoms with Gasteiger partial charge in [-0.05, 0) is 43.9 Å². The Balaban J connectivity index is 1.89. The molecule has 5 nitrogen and oxygen atoms in total. The van der Waals surface area contributed by atoms with Crippen LogP contribution in [0.2, 0.25) is 0 Å². The normalized spacial score (nSPS) is 19.3. The highest BCUT2D eigenvalue weighted by molar-refractivity contribution is 5.82. The van der Waals surface area contributed by atoms with E-state index in [2.05, 4.69) is 5.32 Å². The maximum absolute atomic E-state index is 12.2. The quantitative estimate of drug-likeness (QED) is 0.765. The van der Waals surface area contributed by atoms with Crippen molar-refractivity contribution in [1.82, 2.24) is 5.32 Å². The van der Waals surface area contributed by atoms with Crippen LogP contribution in [0.3, 0.4) is 0 Å². The molecule has 20 heavy (non-hydrogen) atoms. The Morgan fingerprint density at radius 2 is 2.00 bits per heavy atom. The largest absolute Gasteiger partial charge is 0.508 e. The number of nitrogens with one attached hydrogen (secondary N) is 1. The van der Waals surface area contributed by atoms with Gasteiger partial charge in [0.2, 0.25) is 5.91 Å². The van der Waals surface area contributed by atoms with Gasteiger partial charge in [0.25, 0.3) is 0 Å². The minimum absolute atomic E-state index is 0.137. The van der Waals surface area contributed by atoms with E-state index >= 15 is 0 Å². The zero-order chi connectivity index (χ0) is 14.6. The van der Waals surface area contributed by atoms with Crippen molar-refractivity contribution in [1.29, 1.82) is 0 Å². The minimum atomic E-state index is -0.584. The second-order valence-corrected chi connectivity index (χ2v) is 5.64. The molecular formula is C15H22N2O3. The van der Waals surface area contributed by atoms with Crippen LogP contribution in [-0.2, 0) is 16.0 Å². The molecule has 1 aliphatic heterocycles. The van der Waals surface area contributed by atoms with Crippen molar-refractivity contribution >= 4 is 5.91 Å². The van der Waals surface area contributed by atoms with Crippen LogP contribution < -0.4 is 11.1 Å². The summed E-state index contributed by atoms with van der Waals surface area (Å²) < 4.78 is 5.31. The van der Waals surface area contributed by atoms with Crippen molar-refractivity contribution < 1.29 is 14.6 Å². The first-order valence-electron chi connectivity index (χ1n) is 6.92. The van der Waals surface area contributed by atoms with Gasteiger partial charge in [-0.25, -0.2) is 0 Å². The summed E-state index contributed by atoms with van der Waals surface area (Å²) >= 11 is 0. The van der Waals surface area contributed by atoms with Crippen molar-refractivity contribution in [2.75, 3.05) is 13.2 Å². The molecule has 1 heterocycles. The maximum Gasteiger partial charge on any atom is 0.237 e. The number of carbonyl (C=O) groups excluding carboxylic acids is 1. The van der Waals surface area contributed by atoms with Gasteiger partial charge in [-0.1, -0.05) is 12.1 Å². The molecule has 0 aromatic heterocycles. The molecule has 110 valence electrons. The number of aromatic hydroxyl groups is 1. The molecule has 0 spiro atoms. The molecule has 5 heteroatoms. The number of amides is 1. The number of nitrogens with two attached hydrogens (primary N) is 1. The molecule has 0 unspecified atom stereocenters. The van der Waals surface area contributed by atoms with Gasteiger partial charge in [0.05, 0.1) is 6.04 Å². The van der Waals surface area contributed by atoms with E-state index in [0.29, 0.717) is 19.6 Å². The molecule has 1 aromatic rings. The molecule has 2 rings (SSSR count). The molecule has 1 fully saturated rings. The molecular weight excluding hydrogens is 256 g/mol. The summed E-state index contributed by atoms with van der Waals surface area (Å²) in [6.45, 7) is 3.37. The summed E-state index contributed by atoms with van der Waals surface area (Å²) in [7, 11) is 0. The lowest BCUT2D eigenvalue weighted by Crippen LogP contribution is -2.54. The SMILES string of the molecule is CC1(NC(=O)[C@H](N)Cc2ccc(O)cc2)CCOCC1. The summed E-state index contributed by atoms with van der Waals surface area (Å²) in [4.78, 5) is 12.2. The lowest BCUT2D eigenvalue weighted by atomic mass is 9.92. The molecule has 0 aliphatic carbocycles. The summed E-state index contributed by atoms with van der Waals surface area (Å²) in [6, 6.07) is 6.16. The Morgan fingerprint density at radius 3 is 2.60 bits per heavy atom. The highest BCUT2D eigenvalue weighted by Gasteiger charge is 2.30. The number of hydrogen-bond donors (Lipinski definition) is 3. The van der Waals surface area contributed by atoms with E-state index in [0.717, 1.165) is 18.4 Å². The van der Waals surface area contributed by atoms with Crippen molar-refractivity contribution in [2.45, 2.75) is 37.8 Å². The Hall–Kier alpha value is -1.59. The molecule has 1 aliphatic rings. The van der Waals surface area contributed by atoms with E-state index in [1.165, 1.54) is 0 Å². The summed E-state index contributed by atoms with van der Waals surface area (Å²) in [5.74, 6) is 0.0731. The van der Waals surface area contributed by atoms with E-state index < -0.39 is 6.04 Å². The fourth-order valence-corrected chi connectivity index (χ4v) is 2.32. The monoisotopic (exact) mass is 278 g/mol. The first-order chi connectivity index (χ1) is 9.48. The minimum Gasteiger partial charge on any atom is -0.508 e. The van der Waals surface area contributed by atoms with Crippen molar-refractivity contribution in [3.8, 4) is 5.75 Å². The molecule has 1 aromatic carbocycles. The van der Waals surface area contributed by atoms with Gasteiger partial charge in [0.1, 0.15) is 5.75 Å². The fraction of sp³-hybridized carbons (Fsp3) is 0.533.